The van der Waals surface area contributed by atoms with Gasteiger partial charge in [0.25, 0.3) is 0 Å². The maximum Gasteiger partial charge on any atom is 0.119 e. The lowest BCUT2D eigenvalue weighted by Gasteiger charge is -2.20. The van der Waals surface area contributed by atoms with Crippen molar-refractivity contribution in [2.45, 2.75) is 72.6 Å². The van der Waals surface area contributed by atoms with E-state index in [1.54, 1.807) is 0 Å². The van der Waals surface area contributed by atoms with Crippen LogP contribution >= 0.6 is 0 Å². The van der Waals surface area contributed by atoms with Gasteiger partial charge in [-0.1, -0.05) is 39.8 Å². The van der Waals surface area contributed by atoms with Gasteiger partial charge in [-0.15, -0.1) is 0 Å². The fourth-order valence-electron chi connectivity index (χ4n) is 5.22. The maximum atomic E-state index is 6.14. The molecule has 1 aliphatic carbocycles. The number of rotatable bonds is 18. The molecule has 3 rings (SSSR count). The van der Waals surface area contributed by atoms with Crippen LogP contribution in [0, 0.1) is 0 Å². The molecule has 0 amide bonds. The summed E-state index contributed by atoms with van der Waals surface area (Å²) < 4.78 is 12.3. The SMILES string of the molecule is CCCN(CCC)CCCOc1ccc2c(c1)Cc1ccc(OCCCN(CCC)CCC)cc1-2. The fourth-order valence-corrected chi connectivity index (χ4v) is 5.22. The van der Waals surface area contributed by atoms with Crippen molar-refractivity contribution in [2.24, 2.45) is 0 Å². The van der Waals surface area contributed by atoms with Gasteiger partial charge < -0.3 is 19.3 Å². The highest BCUT2D eigenvalue weighted by molar-refractivity contribution is 5.78. The molecule has 0 spiro atoms. The van der Waals surface area contributed by atoms with Crippen LogP contribution < -0.4 is 9.47 Å². The second kappa shape index (κ2) is 15.2. The summed E-state index contributed by atoms with van der Waals surface area (Å²) >= 11 is 0. The highest BCUT2D eigenvalue weighted by Gasteiger charge is 2.19. The predicted molar refractivity (Wildman–Crippen MR) is 149 cm³/mol. The summed E-state index contributed by atoms with van der Waals surface area (Å²) in [6.07, 6.45) is 8.00. The van der Waals surface area contributed by atoms with E-state index in [4.69, 9.17) is 9.47 Å². The van der Waals surface area contributed by atoms with Crippen molar-refractivity contribution in [3.63, 3.8) is 0 Å². The Morgan fingerprint density at radius 2 is 1.09 bits per heavy atom. The van der Waals surface area contributed by atoms with E-state index in [1.807, 2.05) is 0 Å². The van der Waals surface area contributed by atoms with Gasteiger partial charge in [-0.2, -0.15) is 0 Å². The van der Waals surface area contributed by atoms with Gasteiger partial charge in [-0.25, -0.2) is 0 Å². The van der Waals surface area contributed by atoms with Gasteiger partial charge in [-0.05, 0) is 118 Å². The second-order valence-corrected chi connectivity index (χ2v) is 9.90. The first-order valence-electron chi connectivity index (χ1n) is 14.1. The van der Waals surface area contributed by atoms with Crippen molar-refractivity contribution in [3.05, 3.63) is 47.5 Å². The smallest absolute Gasteiger partial charge is 0.119 e. The highest BCUT2D eigenvalue weighted by Crippen LogP contribution is 2.40. The molecule has 0 unspecified atom stereocenters. The summed E-state index contributed by atoms with van der Waals surface area (Å²) in [6.45, 7) is 17.6. The summed E-state index contributed by atoms with van der Waals surface area (Å²) in [6, 6.07) is 13.2. The lowest BCUT2D eigenvalue weighted by atomic mass is 10.1. The molecule has 1 aliphatic rings. The summed E-state index contributed by atoms with van der Waals surface area (Å²) in [5, 5.41) is 0. The Hall–Kier alpha value is -2.04. The topological polar surface area (TPSA) is 24.9 Å². The van der Waals surface area contributed by atoms with Crippen LogP contribution in [0.25, 0.3) is 11.1 Å². The largest absolute Gasteiger partial charge is 0.494 e. The molecule has 4 nitrogen and oxygen atoms in total. The molecular weight excluding hydrogens is 432 g/mol. The molecule has 0 bridgehead atoms. The van der Waals surface area contributed by atoms with Crippen molar-refractivity contribution in [1.82, 2.24) is 9.80 Å². The first kappa shape index (κ1) is 27.5. The molecule has 0 fully saturated rings. The molecular formula is C31H48N2O2. The minimum atomic E-state index is 0.774. The lowest BCUT2D eigenvalue weighted by Crippen LogP contribution is -2.27. The zero-order valence-corrected chi connectivity index (χ0v) is 22.8. The Kier molecular flexibility index (Phi) is 11.9. The van der Waals surface area contributed by atoms with Crippen molar-refractivity contribution < 1.29 is 9.47 Å². The number of hydrogen-bond acceptors (Lipinski definition) is 4. The molecule has 0 aliphatic heterocycles. The van der Waals surface area contributed by atoms with Crippen molar-refractivity contribution in [3.8, 4) is 22.6 Å². The molecule has 0 saturated carbocycles. The molecule has 0 saturated heterocycles. The molecule has 2 aromatic carbocycles. The maximum absolute atomic E-state index is 6.14. The van der Waals surface area contributed by atoms with E-state index in [0.717, 1.165) is 57.1 Å². The van der Waals surface area contributed by atoms with Crippen LogP contribution in [-0.4, -0.2) is 62.3 Å². The van der Waals surface area contributed by atoms with E-state index in [1.165, 1.54) is 74.1 Å². The number of nitrogens with zero attached hydrogens (tertiary/aromatic N) is 2. The van der Waals surface area contributed by atoms with Gasteiger partial charge in [0.15, 0.2) is 0 Å². The van der Waals surface area contributed by atoms with Crippen molar-refractivity contribution in [2.75, 3.05) is 52.5 Å². The Balaban J connectivity index is 1.49. The van der Waals surface area contributed by atoms with Crippen LogP contribution in [0.15, 0.2) is 36.4 Å². The molecule has 0 N–H and O–H groups in total. The van der Waals surface area contributed by atoms with Gasteiger partial charge in [-0.3, -0.25) is 0 Å². The number of hydrogen-bond donors (Lipinski definition) is 0. The van der Waals surface area contributed by atoms with Gasteiger partial charge >= 0.3 is 0 Å². The van der Waals surface area contributed by atoms with Crippen LogP contribution in [0.4, 0.5) is 0 Å². The zero-order valence-electron chi connectivity index (χ0n) is 22.8. The Bertz CT molecular complexity index is 870. The van der Waals surface area contributed by atoms with Gasteiger partial charge in [0, 0.05) is 13.1 Å². The quantitative estimate of drug-likeness (QED) is 0.182. The highest BCUT2D eigenvalue weighted by atomic mass is 16.5. The third-order valence-corrected chi connectivity index (χ3v) is 6.76. The van der Waals surface area contributed by atoms with Crippen LogP contribution in [0.1, 0.15) is 77.3 Å². The number of benzene rings is 2. The predicted octanol–water partition coefficient (Wildman–Crippen LogP) is 7.04. The van der Waals surface area contributed by atoms with E-state index < -0.39 is 0 Å². The van der Waals surface area contributed by atoms with Gasteiger partial charge in [0.2, 0.25) is 0 Å². The molecule has 0 heterocycles. The number of ether oxygens (including phenoxy) is 2. The molecule has 4 heteroatoms. The average Bonchev–Trinajstić information content (AvgIpc) is 3.22. The summed E-state index contributed by atoms with van der Waals surface area (Å²) in [7, 11) is 0. The Morgan fingerprint density at radius 1 is 0.571 bits per heavy atom. The first-order chi connectivity index (χ1) is 17.2. The monoisotopic (exact) mass is 480 g/mol. The average molecular weight is 481 g/mol. The van der Waals surface area contributed by atoms with E-state index in [9.17, 15) is 0 Å². The summed E-state index contributed by atoms with van der Waals surface area (Å²) in [5.74, 6) is 1.98. The summed E-state index contributed by atoms with van der Waals surface area (Å²) in [4.78, 5) is 5.10. The van der Waals surface area contributed by atoms with Gasteiger partial charge in [0.1, 0.15) is 11.5 Å². The standard InChI is InChI=1S/C31H48N2O2/c1-5-15-32(16-6-2)19-9-21-34-28-13-14-30-27(24-28)23-26-11-12-29(25-31(26)30)35-22-10-20-33(17-7-3)18-8-4/h11-14,24-25H,5-10,15-23H2,1-4H3. The van der Waals surface area contributed by atoms with Gasteiger partial charge in [0.05, 0.1) is 13.2 Å². The van der Waals surface area contributed by atoms with E-state index in [0.29, 0.717) is 0 Å². The van der Waals surface area contributed by atoms with Crippen LogP contribution in [0.3, 0.4) is 0 Å². The third-order valence-electron chi connectivity index (χ3n) is 6.76. The Labute approximate surface area is 214 Å². The number of fused-ring (bicyclic) bond motifs is 3. The van der Waals surface area contributed by atoms with E-state index in [-0.39, 0.29) is 0 Å². The lowest BCUT2D eigenvalue weighted by molar-refractivity contribution is 0.234. The Morgan fingerprint density at radius 3 is 1.63 bits per heavy atom. The minimum absolute atomic E-state index is 0.774. The van der Waals surface area contributed by atoms with E-state index in [2.05, 4.69) is 73.9 Å². The molecule has 2 aromatic rings. The summed E-state index contributed by atoms with van der Waals surface area (Å²) in [5.41, 5.74) is 5.39. The van der Waals surface area contributed by atoms with Crippen molar-refractivity contribution in [1.29, 1.82) is 0 Å². The molecule has 35 heavy (non-hydrogen) atoms. The van der Waals surface area contributed by atoms with Crippen LogP contribution in [-0.2, 0) is 6.42 Å². The van der Waals surface area contributed by atoms with E-state index >= 15 is 0 Å². The minimum Gasteiger partial charge on any atom is -0.494 e. The second-order valence-electron chi connectivity index (χ2n) is 9.90. The van der Waals surface area contributed by atoms with Crippen LogP contribution in [0.5, 0.6) is 11.5 Å². The molecule has 194 valence electrons. The fraction of sp³-hybridized carbons (Fsp3) is 0.613. The third kappa shape index (κ3) is 8.54. The molecule has 0 aromatic heterocycles. The van der Waals surface area contributed by atoms with Crippen molar-refractivity contribution >= 4 is 0 Å². The molecule has 0 atom stereocenters. The zero-order chi connectivity index (χ0) is 24.9. The normalized spacial score (nSPS) is 12.3. The molecule has 0 radical (unpaired) electrons. The van der Waals surface area contributed by atoms with Crippen LogP contribution in [0.2, 0.25) is 0 Å². The first-order valence-corrected chi connectivity index (χ1v) is 14.1.